The fraction of sp³-hybridized carbons (Fsp3) is 0.375. The van der Waals surface area contributed by atoms with Crippen LogP contribution in [0, 0.1) is 0 Å². The lowest BCUT2D eigenvalue weighted by Gasteiger charge is -2.35. The first-order chi connectivity index (χ1) is 14.7. The van der Waals surface area contributed by atoms with E-state index in [0.29, 0.717) is 6.61 Å². The van der Waals surface area contributed by atoms with Crippen LogP contribution in [0.1, 0.15) is 36.1 Å². The largest absolute Gasteiger partial charge is 0.493 e. The molecule has 3 aromatic rings. The van der Waals surface area contributed by atoms with Crippen LogP contribution in [0.2, 0.25) is 0 Å². The second kappa shape index (κ2) is 8.69. The number of anilines is 1. The number of aromatic amines is 1. The molecule has 1 atom stereocenters. The summed E-state index contributed by atoms with van der Waals surface area (Å²) in [4.78, 5) is 17.1. The van der Waals surface area contributed by atoms with Crippen molar-refractivity contribution in [2.75, 3.05) is 32.6 Å². The summed E-state index contributed by atoms with van der Waals surface area (Å²) < 4.78 is 11.3. The molecule has 1 aliphatic rings. The Kier molecular flexibility index (Phi) is 5.84. The second-order valence-electron chi connectivity index (χ2n) is 7.61. The van der Waals surface area contributed by atoms with Gasteiger partial charge in [0.05, 0.1) is 19.8 Å². The Labute approximate surface area is 177 Å². The van der Waals surface area contributed by atoms with Gasteiger partial charge in [0, 0.05) is 36.4 Å². The van der Waals surface area contributed by atoms with E-state index in [4.69, 9.17) is 9.47 Å². The number of methoxy groups -OCH3 is 1. The van der Waals surface area contributed by atoms with Gasteiger partial charge in [-0.15, -0.1) is 0 Å². The number of fused-ring (bicyclic) bond motifs is 2. The van der Waals surface area contributed by atoms with E-state index >= 15 is 0 Å². The average Bonchev–Trinajstić information content (AvgIpc) is 3.19. The number of rotatable bonds is 8. The summed E-state index contributed by atoms with van der Waals surface area (Å²) in [6, 6.07) is 10.5. The van der Waals surface area contributed by atoms with Gasteiger partial charge in [-0.3, -0.25) is 4.79 Å². The van der Waals surface area contributed by atoms with E-state index in [1.54, 1.807) is 7.11 Å². The van der Waals surface area contributed by atoms with Crippen molar-refractivity contribution in [3.63, 3.8) is 0 Å². The van der Waals surface area contributed by atoms with Crippen LogP contribution in [-0.2, 0) is 17.6 Å². The molecule has 1 unspecified atom stereocenters. The SMILES string of the molecule is CCOc1cc2c(cc1OC)CCN(C=O)C2CCc1c[nH]c2ccc(NC)cc12. The molecule has 30 heavy (non-hydrogen) atoms. The fourth-order valence-corrected chi connectivity index (χ4v) is 4.44. The summed E-state index contributed by atoms with van der Waals surface area (Å²) >= 11 is 0. The highest BCUT2D eigenvalue weighted by molar-refractivity contribution is 5.86. The number of aryl methyl sites for hydroxylation is 1. The molecule has 2 N–H and O–H groups in total. The van der Waals surface area contributed by atoms with Crippen LogP contribution in [0.25, 0.3) is 10.9 Å². The minimum atomic E-state index is 0.0220. The van der Waals surface area contributed by atoms with E-state index in [0.717, 1.165) is 60.5 Å². The number of benzene rings is 2. The Hall–Kier alpha value is -3.15. The van der Waals surface area contributed by atoms with Crippen molar-refractivity contribution in [2.24, 2.45) is 0 Å². The normalized spacial score (nSPS) is 15.7. The number of ether oxygens (including phenoxy) is 2. The number of aromatic nitrogens is 1. The van der Waals surface area contributed by atoms with Gasteiger partial charge in [0.2, 0.25) is 6.41 Å². The Balaban J connectivity index is 1.65. The number of amides is 1. The van der Waals surface area contributed by atoms with Gasteiger partial charge in [0.15, 0.2) is 11.5 Å². The molecule has 0 radical (unpaired) electrons. The lowest BCUT2D eigenvalue weighted by Crippen LogP contribution is -2.34. The highest BCUT2D eigenvalue weighted by atomic mass is 16.5. The van der Waals surface area contributed by atoms with Gasteiger partial charge >= 0.3 is 0 Å². The topological polar surface area (TPSA) is 66.6 Å². The van der Waals surface area contributed by atoms with Crippen LogP contribution in [0.15, 0.2) is 36.5 Å². The number of H-pyrrole nitrogens is 1. The Morgan fingerprint density at radius 1 is 1.27 bits per heavy atom. The van der Waals surface area contributed by atoms with Crippen LogP contribution in [-0.4, -0.2) is 43.6 Å². The number of carbonyl (C=O) groups excluding carboxylic acids is 1. The maximum Gasteiger partial charge on any atom is 0.210 e. The van der Waals surface area contributed by atoms with E-state index in [2.05, 4.69) is 46.8 Å². The number of hydrogen-bond acceptors (Lipinski definition) is 4. The first kappa shape index (κ1) is 20.1. The monoisotopic (exact) mass is 407 g/mol. The van der Waals surface area contributed by atoms with E-state index in [1.807, 2.05) is 18.9 Å². The molecule has 0 saturated carbocycles. The summed E-state index contributed by atoms with van der Waals surface area (Å²) in [6.45, 7) is 3.25. The standard InChI is InChI=1S/C24H29N3O3/c1-4-30-24-13-20-16(11-23(24)29-3)9-10-27(15-28)22(20)8-5-17-14-26-21-7-6-18(25-2)12-19(17)21/h6-7,11-15,22,25-26H,4-5,8-10H2,1-3H3. The molecule has 6 heteroatoms. The van der Waals surface area contributed by atoms with Gasteiger partial charge < -0.3 is 24.7 Å². The number of nitrogens with one attached hydrogen (secondary N) is 2. The van der Waals surface area contributed by atoms with Gasteiger partial charge in [-0.2, -0.15) is 0 Å². The third-order valence-electron chi connectivity index (χ3n) is 6.00. The summed E-state index contributed by atoms with van der Waals surface area (Å²) in [5.74, 6) is 1.49. The van der Waals surface area contributed by atoms with Gasteiger partial charge in [0.25, 0.3) is 0 Å². The van der Waals surface area contributed by atoms with Crippen molar-refractivity contribution in [3.05, 3.63) is 53.2 Å². The minimum absolute atomic E-state index is 0.0220. The van der Waals surface area contributed by atoms with Crippen LogP contribution in [0.3, 0.4) is 0 Å². The second-order valence-corrected chi connectivity index (χ2v) is 7.61. The Bertz CT molecular complexity index is 1040. The van der Waals surface area contributed by atoms with Crippen LogP contribution >= 0.6 is 0 Å². The maximum absolute atomic E-state index is 11.8. The summed E-state index contributed by atoms with van der Waals surface area (Å²) in [5.41, 5.74) is 5.87. The van der Waals surface area contributed by atoms with Gasteiger partial charge in [-0.05, 0) is 73.2 Å². The maximum atomic E-state index is 11.8. The molecule has 1 amide bonds. The van der Waals surface area contributed by atoms with E-state index < -0.39 is 0 Å². The zero-order valence-corrected chi connectivity index (χ0v) is 17.8. The van der Waals surface area contributed by atoms with E-state index in [9.17, 15) is 4.79 Å². The van der Waals surface area contributed by atoms with E-state index in [-0.39, 0.29) is 6.04 Å². The van der Waals surface area contributed by atoms with Gasteiger partial charge in [-0.1, -0.05) is 0 Å². The fourth-order valence-electron chi connectivity index (χ4n) is 4.44. The first-order valence-electron chi connectivity index (χ1n) is 10.5. The molecule has 0 spiro atoms. The van der Waals surface area contributed by atoms with Crippen molar-refractivity contribution in [2.45, 2.75) is 32.2 Å². The zero-order valence-electron chi connectivity index (χ0n) is 17.8. The third-order valence-corrected chi connectivity index (χ3v) is 6.00. The Morgan fingerprint density at radius 2 is 2.13 bits per heavy atom. The molecule has 0 saturated heterocycles. The predicted octanol–water partition coefficient (Wildman–Crippen LogP) is 4.31. The van der Waals surface area contributed by atoms with Crippen LogP contribution in [0.5, 0.6) is 11.5 Å². The van der Waals surface area contributed by atoms with E-state index in [1.165, 1.54) is 16.5 Å². The number of nitrogens with zero attached hydrogens (tertiary/aromatic N) is 1. The van der Waals surface area contributed by atoms with Crippen molar-refractivity contribution in [1.82, 2.24) is 9.88 Å². The number of carbonyl (C=O) groups is 1. The average molecular weight is 408 g/mol. The molecule has 158 valence electrons. The Morgan fingerprint density at radius 3 is 2.87 bits per heavy atom. The minimum Gasteiger partial charge on any atom is -0.493 e. The quantitative estimate of drug-likeness (QED) is 0.546. The smallest absolute Gasteiger partial charge is 0.210 e. The highest BCUT2D eigenvalue weighted by Crippen LogP contribution is 2.40. The molecular weight excluding hydrogens is 378 g/mol. The van der Waals surface area contributed by atoms with Crippen molar-refractivity contribution in [3.8, 4) is 11.5 Å². The van der Waals surface area contributed by atoms with Crippen molar-refractivity contribution >= 4 is 23.0 Å². The molecule has 1 aromatic heterocycles. The zero-order chi connectivity index (χ0) is 21.1. The molecule has 2 aromatic carbocycles. The number of hydrogen-bond donors (Lipinski definition) is 2. The summed E-state index contributed by atoms with van der Waals surface area (Å²) in [5, 5.41) is 4.43. The van der Waals surface area contributed by atoms with Crippen LogP contribution < -0.4 is 14.8 Å². The molecule has 2 heterocycles. The van der Waals surface area contributed by atoms with Crippen molar-refractivity contribution in [1.29, 1.82) is 0 Å². The molecule has 0 aliphatic carbocycles. The van der Waals surface area contributed by atoms with Crippen molar-refractivity contribution < 1.29 is 14.3 Å². The third kappa shape index (κ3) is 3.70. The molecule has 0 fully saturated rings. The molecule has 0 bridgehead atoms. The first-order valence-corrected chi connectivity index (χ1v) is 10.5. The molecular formula is C24H29N3O3. The summed E-state index contributed by atoms with van der Waals surface area (Å²) in [7, 11) is 3.59. The van der Waals surface area contributed by atoms with Crippen LogP contribution in [0.4, 0.5) is 5.69 Å². The lowest BCUT2D eigenvalue weighted by molar-refractivity contribution is -0.120. The molecule has 4 rings (SSSR count). The molecule has 1 aliphatic heterocycles. The lowest BCUT2D eigenvalue weighted by atomic mass is 9.88. The summed E-state index contributed by atoms with van der Waals surface area (Å²) in [6.07, 6.45) is 5.61. The highest BCUT2D eigenvalue weighted by Gasteiger charge is 2.28. The predicted molar refractivity (Wildman–Crippen MR) is 120 cm³/mol. The molecule has 6 nitrogen and oxygen atoms in total. The van der Waals surface area contributed by atoms with Gasteiger partial charge in [0.1, 0.15) is 0 Å². The van der Waals surface area contributed by atoms with Gasteiger partial charge in [-0.25, -0.2) is 0 Å².